The second-order valence-corrected chi connectivity index (χ2v) is 6.86. The SMILES string of the molecule is O=C(c1ccoc1)N1CCCCC1c1nc(CCOCc2ccccc2)no1. The monoisotopic (exact) mass is 381 g/mol. The number of piperidine rings is 1. The maximum Gasteiger partial charge on any atom is 0.257 e. The summed E-state index contributed by atoms with van der Waals surface area (Å²) in [6.45, 7) is 1.74. The van der Waals surface area contributed by atoms with Crippen LogP contribution in [0.4, 0.5) is 0 Å². The predicted octanol–water partition coefficient (Wildman–Crippen LogP) is 3.79. The number of benzene rings is 1. The fourth-order valence-electron chi connectivity index (χ4n) is 3.42. The molecule has 146 valence electrons. The van der Waals surface area contributed by atoms with Crippen LogP contribution in [-0.4, -0.2) is 34.1 Å². The Morgan fingerprint density at radius 3 is 2.93 bits per heavy atom. The van der Waals surface area contributed by atoms with Gasteiger partial charge in [-0.25, -0.2) is 0 Å². The van der Waals surface area contributed by atoms with Gasteiger partial charge in [0.2, 0.25) is 5.89 Å². The molecule has 1 aliphatic heterocycles. The number of carbonyl (C=O) groups is 1. The maximum atomic E-state index is 12.8. The third kappa shape index (κ3) is 4.31. The highest BCUT2D eigenvalue weighted by atomic mass is 16.5. The summed E-state index contributed by atoms with van der Waals surface area (Å²) in [6.07, 6.45) is 6.35. The molecule has 0 radical (unpaired) electrons. The number of rotatable bonds is 7. The molecule has 1 amide bonds. The molecule has 1 fully saturated rings. The number of ether oxygens (including phenoxy) is 1. The van der Waals surface area contributed by atoms with Crippen LogP contribution in [-0.2, 0) is 17.8 Å². The number of hydrogen-bond acceptors (Lipinski definition) is 6. The Kier molecular flexibility index (Phi) is 5.82. The number of amides is 1. The minimum atomic E-state index is -0.192. The molecule has 0 bridgehead atoms. The highest BCUT2D eigenvalue weighted by Crippen LogP contribution is 2.31. The lowest BCUT2D eigenvalue weighted by molar-refractivity contribution is 0.0560. The minimum Gasteiger partial charge on any atom is -0.472 e. The summed E-state index contributed by atoms with van der Waals surface area (Å²) in [4.78, 5) is 19.1. The van der Waals surface area contributed by atoms with Gasteiger partial charge in [-0.2, -0.15) is 4.98 Å². The summed E-state index contributed by atoms with van der Waals surface area (Å²) < 4.78 is 16.2. The average molecular weight is 381 g/mol. The van der Waals surface area contributed by atoms with E-state index in [4.69, 9.17) is 13.7 Å². The van der Waals surface area contributed by atoms with Gasteiger partial charge in [0, 0.05) is 13.0 Å². The second-order valence-electron chi connectivity index (χ2n) is 6.86. The summed E-state index contributed by atoms with van der Waals surface area (Å²) in [5.41, 5.74) is 1.67. The Hall–Kier alpha value is -2.93. The molecule has 1 unspecified atom stereocenters. The van der Waals surface area contributed by atoms with Gasteiger partial charge in [-0.05, 0) is 30.9 Å². The standard InChI is InChI=1S/C21H23N3O4/c25-21(17-9-12-27-15-17)24-11-5-4-8-18(24)20-22-19(23-28-20)10-13-26-14-16-6-2-1-3-7-16/h1-3,6-7,9,12,15,18H,4-5,8,10-11,13-14H2. The van der Waals surface area contributed by atoms with Crippen LogP contribution in [0.15, 0.2) is 57.9 Å². The Morgan fingerprint density at radius 1 is 1.21 bits per heavy atom. The van der Waals surface area contributed by atoms with Crippen molar-refractivity contribution in [1.29, 1.82) is 0 Å². The van der Waals surface area contributed by atoms with E-state index in [0.29, 0.717) is 43.5 Å². The zero-order valence-electron chi connectivity index (χ0n) is 15.6. The van der Waals surface area contributed by atoms with Crippen molar-refractivity contribution in [2.45, 2.75) is 38.3 Å². The van der Waals surface area contributed by atoms with Crippen molar-refractivity contribution < 1.29 is 18.5 Å². The van der Waals surface area contributed by atoms with Crippen LogP contribution in [0.25, 0.3) is 0 Å². The topological polar surface area (TPSA) is 81.6 Å². The van der Waals surface area contributed by atoms with E-state index in [-0.39, 0.29) is 11.9 Å². The zero-order valence-corrected chi connectivity index (χ0v) is 15.6. The molecule has 0 saturated carbocycles. The van der Waals surface area contributed by atoms with Crippen molar-refractivity contribution >= 4 is 5.91 Å². The number of nitrogens with zero attached hydrogens (tertiary/aromatic N) is 3. The van der Waals surface area contributed by atoms with E-state index in [1.54, 1.807) is 11.0 Å². The quantitative estimate of drug-likeness (QED) is 0.579. The van der Waals surface area contributed by atoms with Crippen LogP contribution in [0, 0.1) is 0 Å². The van der Waals surface area contributed by atoms with E-state index in [1.807, 2.05) is 30.3 Å². The Balaban J connectivity index is 1.35. The van der Waals surface area contributed by atoms with Crippen LogP contribution in [0.3, 0.4) is 0 Å². The molecule has 7 nitrogen and oxygen atoms in total. The Morgan fingerprint density at radius 2 is 2.11 bits per heavy atom. The fraction of sp³-hybridized carbons (Fsp3) is 0.381. The van der Waals surface area contributed by atoms with Crippen LogP contribution >= 0.6 is 0 Å². The van der Waals surface area contributed by atoms with E-state index in [9.17, 15) is 4.79 Å². The number of likely N-dealkylation sites (tertiary alicyclic amines) is 1. The number of hydrogen-bond donors (Lipinski definition) is 0. The normalized spacial score (nSPS) is 17.0. The third-order valence-corrected chi connectivity index (χ3v) is 4.88. The minimum absolute atomic E-state index is 0.0654. The van der Waals surface area contributed by atoms with Gasteiger partial charge in [0.25, 0.3) is 5.91 Å². The molecule has 0 spiro atoms. The predicted molar refractivity (Wildman–Crippen MR) is 100 cm³/mol. The van der Waals surface area contributed by atoms with Crippen molar-refractivity contribution in [2.24, 2.45) is 0 Å². The lowest BCUT2D eigenvalue weighted by Gasteiger charge is -2.33. The molecule has 3 aromatic rings. The summed E-state index contributed by atoms with van der Waals surface area (Å²) in [6, 6.07) is 11.5. The third-order valence-electron chi connectivity index (χ3n) is 4.88. The molecule has 1 aliphatic rings. The molecule has 28 heavy (non-hydrogen) atoms. The number of aromatic nitrogens is 2. The first-order chi connectivity index (χ1) is 13.8. The van der Waals surface area contributed by atoms with Crippen molar-refractivity contribution in [1.82, 2.24) is 15.0 Å². The van der Waals surface area contributed by atoms with Crippen molar-refractivity contribution in [2.75, 3.05) is 13.2 Å². The lowest BCUT2D eigenvalue weighted by Crippen LogP contribution is -2.38. The molecule has 7 heteroatoms. The first-order valence-electron chi connectivity index (χ1n) is 9.58. The number of carbonyl (C=O) groups excluding carboxylic acids is 1. The average Bonchev–Trinajstić information content (AvgIpc) is 3.44. The van der Waals surface area contributed by atoms with Gasteiger partial charge in [-0.3, -0.25) is 4.79 Å². The van der Waals surface area contributed by atoms with E-state index in [0.717, 1.165) is 24.8 Å². The van der Waals surface area contributed by atoms with E-state index < -0.39 is 0 Å². The zero-order chi connectivity index (χ0) is 19.2. The molecule has 1 aromatic carbocycles. The molecular formula is C21H23N3O4. The fourth-order valence-corrected chi connectivity index (χ4v) is 3.42. The maximum absolute atomic E-state index is 12.8. The largest absolute Gasteiger partial charge is 0.472 e. The van der Waals surface area contributed by atoms with Gasteiger partial charge in [-0.15, -0.1) is 0 Å². The molecule has 3 heterocycles. The van der Waals surface area contributed by atoms with Crippen LogP contribution in [0.1, 0.15) is 52.9 Å². The number of furan rings is 1. The molecule has 0 N–H and O–H groups in total. The smallest absolute Gasteiger partial charge is 0.257 e. The Bertz CT molecular complexity index is 876. The second kappa shape index (κ2) is 8.84. The van der Waals surface area contributed by atoms with Crippen molar-refractivity contribution in [3.05, 3.63) is 71.8 Å². The molecule has 2 aromatic heterocycles. The van der Waals surface area contributed by atoms with E-state index in [1.165, 1.54) is 12.5 Å². The summed E-state index contributed by atoms with van der Waals surface area (Å²) in [5.74, 6) is 1.03. The highest BCUT2D eigenvalue weighted by Gasteiger charge is 2.33. The van der Waals surface area contributed by atoms with E-state index in [2.05, 4.69) is 10.1 Å². The highest BCUT2D eigenvalue weighted by molar-refractivity contribution is 5.94. The van der Waals surface area contributed by atoms with Gasteiger partial charge < -0.3 is 18.6 Å². The lowest BCUT2D eigenvalue weighted by atomic mass is 10.0. The van der Waals surface area contributed by atoms with Gasteiger partial charge >= 0.3 is 0 Å². The molecule has 4 rings (SSSR count). The van der Waals surface area contributed by atoms with Gasteiger partial charge in [0.15, 0.2) is 5.82 Å². The molecule has 0 aliphatic carbocycles. The van der Waals surface area contributed by atoms with E-state index >= 15 is 0 Å². The summed E-state index contributed by atoms with van der Waals surface area (Å²) in [5, 5.41) is 4.07. The molecular weight excluding hydrogens is 358 g/mol. The van der Waals surface area contributed by atoms with Crippen LogP contribution < -0.4 is 0 Å². The van der Waals surface area contributed by atoms with Crippen molar-refractivity contribution in [3.63, 3.8) is 0 Å². The molecule has 1 atom stereocenters. The van der Waals surface area contributed by atoms with Gasteiger partial charge in [0.1, 0.15) is 12.3 Å². The Labute approximate surface area is 163 Å². The first kappa shape index (κ1) is 18.4. The van der Waals surface area contributed by atoms with Crippen LogP contribution in [0.5, 0.6) is 0 Å². The van der Waals surface area contributed by atoms with Crippen LogP contribution in [0.2, 0.25) is 0 Å². The summed E-state index contributed by atoms with van der Waals surface area (Å²) in [7, 11) is 0. The van der Waals surface area contributed by atoms with Crippen molar-refractivity contribution in [3.8, 4) is 0 Å². The van der Waals surface area contributed by atoms with Gasteiger partial charge in [-0.1, -0.05) is 35.5 Å². The summed E-state index contributed by atoms with van der Waals surface area (Å²) >= 11 is 0. The molecule has 1 saturated heterocycles. The first-order valence-corrected chi connectivity index (χ1v) is 9.58. The van der Waals surface area contributed by atoms with Gasteiger partial charge in [0.05, 0.1) is 25.0 Å².